The molecule has 0 aliphatic carbocycles. The van der Waals surface area contributed by atoms with Gasteiger partial charge in [0.2, 0.25) is 5.91 Å². The largest absolute Gasteiger partial charge is 0.411 e. The van der Waals surface area contributed by atoms with E-state index in [1.165, 1.54) is 0 Å². The number of hydrogen-bond acceptors (Lipinski definition) is 3. The second-order valence-corrected chi connectivity index (χ2v) is 7.19. The lowest BCUT2D eigenvalue weighted by Gasteiger charge is -2.34. The van der Waals surface area contributed by atoms with Crippen molar-refractivity contribution in [1.82, 2.24) is 9.80 Å². The highest BCUT2D eigenvalue weighted by molar-refractivity contribution is 9.10. The van der Waals surface area contributed by atoms with Gasteiger partial charge in [-0.15, -0.1) is 0 Å². The van der Waals surface area contributed by atoms with Crippen LogP contribution in [0.15, 0.2) is 28.7 Å². The second-order valence-electron chi connectivity index (χ2n) is 6.34. The number of nitrogens with zero attached hydrogens (tertiary/aromatic N) is 2. The van der Waals surface area contributed by atoms with Crippen LogP contribution < -0.4 is 0 Å². The number of ether oxygens (including phenoxy) is 1. The minimum atomic E-state index is -4.26. The molecule has 2 rings (SSSR count). The molecular weight excluding hydrogens is 413 g/mol. The first-order chi connectivity index (χ1) is 12.3. The topological polar surface area (TPSA) is 32.8 Å². The lowest BCUT2D eigenvalue weighted by Crippen LogP contribution is -2.49. The Balaban J connectivity index is 1.60. The molecule has 8 heteroatoms. The fourth-order valence-corrected chi connectivity index (χ4v) is 3.38. The van der Waals surface area contributed by atoms with Gasteiger partial charge in [-0.3, -0.25) is 9.69 Å². The molecule has 1 heterocycles. The number of halogens is 4. The molecule has 1 aromatic rings. The Hall–Kier alpha value is -1.12. The van der Waals surface area contributed by atoms with Crippen LogP contribution in [0.25, 0.3) is 0 Å². The number of amides is 1. The Labute approximate surface area is 160 Å². The highest BCUT2D eigenvalue weighted by Crippen LogP contribution is 2.18. The minimum absolute atomic E-state index is 0.102. The first-order valence-corrected chi connectivity index (χ1v) is 9.52. The Morgan fingerprint density at radius 1 is 1.15 bits per heavy atom. The van der Waals surface area contributed by atoms with E-state index in [0.717, 1.165) is 23.1 Å². The maximum Gasteiger partial charge on any atom is 0.411 e. The number of piperazine rings is 1. The van der Waals surface area contributed by atoms with E-state index in [2.05, 4.69) is 25.6 Å². The van der Waals surface area contributed by atoms with Crippen molar-refractivity contribution in [2.24, 2.45) is 0 Å². The molecule has 146 valence electrons. The van der Waals surface area contributed by atoms with Crippen LogP contribution in [0.3, 0.4) is 0 Å². The standard InChI is InChI=1S/C18H24BrF3N2O2/c19-16-5-2-1-4-15(16)6-7-17(25)24-11-9-23(10-12-24)8-3-13-26-14-18(20,21)22/h1-2,4-5H,3,6-14H2. The van der Waals surface area contributed by atoms with Crippen molar-refractivity contribution in [1.29, 1.82) is 0 Å². The summed E-state index contributed by atoms with van der Waals surface area (Å²) in [6, 6.07) is 7.89. The highest BCUT2D eigenvalue weighted by atomic mass is 79.9. The van der Waals surface area contributed by atoms with Gasteiger partial charge < -0.3 is 9.64 Å². The summed E-state index contributed by atoms with van der Waals surface area (Å²) < 4.78 is 41.6. The molecule has 1 amide bonds. The van der Waals surface area contributed by atoms with Gasteiger partial charge in [0.15, 0.2) is 0 Å². The van der Waals surface area contributed by atoms with E-state index in [-0.39, 0.29) is 12.5 Å². The van der Waals surface area contributed by atoms with Crippen LogP contribution in [0.4, 0.5) is 13.2 Å². The predicted molar refractivity (Wildman–Crippen MR) is 97.0 cm³/mol. The van der Waals surface area contributed by atoms with Crippen LogP contribution in [-0.2, 0) is 16.0 Å². The fraction of sp³-hybridized carbons (Fsp3) is 0.611. The van der Waals surface area contributed by atoms with Gasteiger partial charge in [0.05, 0.1) is 0 Å². The predicted octanol–water partition coefficient (Wildman–Crippen LogP) is 3.49. The third kappa shape index (κ3) is 7.63. The number of aryl methyl sites for hydroxylation is 1. The second kappa shape index (κ2) is 10.3. The molecule has 0 saturated carbocycles. The maximum absolute atomic E-state index is 12.3. The van der Waals surface area contributed by atoms with Gasteiger partial charge in [0.1, 0.15) is 6.61 Å². The molecule has 1 saturated heterocycles. The summed E-state index contributed by atoms with van der Waals surface area (Å²) in [5.74, 6) is 0.147. The van der Waals surface area contributed by atoms with Crippen LogP contribution in [-0.4, -0.2) is 67.8 Å². The molecule has 1 aromatic carbocycles. The molecule has 0 radical (unpaired) electrons. The lowest BCUT2D eigenvalue weighted by atomic mass is 10.1. The van der Waals surface area contributed by atoms with Crippen molar-refractivity contribution in [2.45, 2.75) is 25.4 Å². The molecule has 0 unspecified atom stereocenters. The first kappa shape index (κ1) is 21.2. The summed E-state index contributed by atoms with van der Waals surface area (Å²) in [4.78, 5) is 16.4. The highest BCUT2D eigenvalue weighted by Gasteiger charge is 2.27. The quantitative estimate of drug-likeness (QED) is 0.584. The van der Waals surface area contributed by atoms with E-state index >= 15 is 0 Å². The van der Waals surface area contributed by atoms with Crippen molar-refractivity contribution in [2.75, 3.05) is 45.9 Å². The molecule has 0 atom stereocenters. The third-order valence-corrected chi connectivity index (χ3v) is 5.09. The summed E-state index contributed by atoms with van der Waals surface area (Å²) in [6.45, 7) is 2.44. The van der Waals surface area contributed by atoms with Gasteiger partial charge in [0.25, 0.3) is 0 Å². The van der Waals surface area contributed by atoms with Crippen LogP contribution in [0.5, 0.6) is 0 Å². The summed E-state index contributed by atoms with van der Waals surface area (Å²) in [7, 11) is 0. The molecule has 0 N–H and O–H groups in total. The van der Waals surface area contributed by atoms with Crippen molar-refractivity contribution in [3.8, 4) is 0 Å². The van der Waals surface area contributed by atoms with E-state index < -0.39 is 12.8 Å². The zero-order chi connectivity index (χ0) is 19.0. The summed E-state index contributed by atoms with van der Waals surface area (Å²) >= 11 is 3.49. The number of carbonyl (C=O) groups excluding carboxylic acids is 1. The number of carbonyl (C=O) groups is 1. The third-order valence-electron chi connectivity index (χ3n) is 4.32. The Morgan fingerprint density at radius 3 is 2.50 bits per heavy atom. The molecule has 4 nitrogen and oxygen atoms in total. The van der Waals surface area contributed by atoms with Crippen LogP contribution in [0.2, 0.25) is 0 Å². The number of alkyl halides is 3. The van der Waals surface area contributed by atoms with E-state index in [0.29, 0.717) is 38.9 Å². The van der Waals surface area contributed by atoms with Gasteiger partial charge in [-0.2, -0.15) is 13.2 Å². The van der Waals surface area contributed by atoms with Gasteiger partial charge >= 0.3 is 6.18 Å². The van der Waals surface area contributed by atoms with Crippen molar-refractivity contribution in [3.05, 3.63) is 34.3 Å². The minimum Gasteiger partial charge on any atom is -0.372 e. The Morgan fingerprint density at radius 2 is 1.85 bits per heavy atom. The summed E-state index contributed by atoms with van der Waals surface area (Å²) in [5.41, 5.74) is 1.12. The fourth-order valence-electron chi connectivity index (χ4n) is 2.90. The molecule has 0 spiro atoms. The zero-order valence-corrected chi connectivity index (χ0v) is 16.2. The smallest absolute Gasteiger partial charge is 0.372 e. The molecule has 0 bridgehead atoms. The average molecular weight is 437 g/mol. The van der Waals surface area contributed by atoms with E-state index in [9.17, 15) is 18.0 Å². The maximum atomic E-state index is 12.3. The van der Waals surface area contributed by atoms with Crippen molar-refractivity contribution < 1.29 is 22.7 Å². The molecule has 1 aliphatic rings. The SMILES string of the molecule is O=C(CCc1ccccc1Br)N1CCN(CCCOCC(F)(F)F)CC1. The monoisotopic (exact) mass is 436 g/mol. The van der Waals surface area contributed by atoms with Gasteiger partial charge in [-0.1, -0.05) is 34.1 Å². The Kier molecular flexibility index (Phi) is 8.37. The molecule has 0 aromatic heterocycles. The van der Waals surface area contributed by atoms with E-state index in [1.54, 1.807) is 0 Å². The lowest BCUT2D eigenvalue weighted by molar-refractivity contribution is -0.174. The zero-order valence-electron chi connectivity index (χ0n) is 14.6. The van der Waals surface area contributed by atoms with Gasteiger partial charge in [-0.05, 0) is 24.5 Å². The first-order valence-electron chi connectivity index (χ1n) is 8.73. The van der Waals surface area contributed by atoms with E-state index in [1.807, 2.05) is 29.2 Å². The number of benzene rings is 1. The molecule has 26 heavy (non-hydrogen) atoms. The van der Waals surface area contributed by atoms with Crippen LogP contribution in [0, 0.1) is 0 Å². The number of rotatable bonds is 8. The molecule has 1 fully saturated rings. The van der Waals surface area contributed by atoms with Gasteiger partial charge in [-0.25, -0.2) is 0 Å². The number of hydrogen-bond donors (Lipinski definition) is 0. The van der Waals surface area contributed by atoms with E-state index in [4.69, 9.17) is 0 Å². The van der Waals surface area contributed by atoms with Crippen molar-refractivity contribution in [3.63, 3.8) is 0 Å². The Bertz CT molecular complexity index is 576. The molecular formula is C18H24BrF3N2O2. The summed E-state index contributed by atoms with van der Waals surface area (Å²) in [6.07, 6.45) is -2.52. The van der Waals surface area contributed by atoms with Crippen LogP contribution >= 0.6 is 15.9 Å². The van der Waals surface area contributed by atoms with Crippen LogP contribution in [0.1, 0.15) is 18.4 Å². The van der Waals surface area contributed by atoms with Crippen molar-refractivity contribution >= 4 is 21.8 Å². The van der Waals surface area contributed by atoms with Gasteiger partial charge in [0, 0.05) is 50.2 Å². The summed E-state index contributed by atoms with van der Waals surface area (Å²) in [5, 5.41) is 0. The normalized spacial score (nSPS) is 16.1. The molecule has 1 aliphatic heterocycles. The average Bonchev–Trinajstić information content (AvgIpc) is 2.60.